The predicted octanol–water partition coefficient (Wildman–Crippen LogP) is 0.545. The monoisotopic (exact) mass is 528 g/mol. The SMILES string of the molecule is CCCCCCCC[N+](C)(C)CC(=O)NC[C@H]1CN(c2ccc(N3CCOCC3)c(F)c2)C(=O)O1.[Cl-]. The van der Waals surface area contributed by atoms with Crippen LogP contribution in [0.2, 0.25) is 0 Å². The van der Waals surface area contributed by atoms with Crippen molar-refractivity contribution in [3.05, 3.63) is 24.0 Å². The second-order valence-electron chi connectivity index (χ2n) is 10.2. The third-order valence-electron chi connectivity index (χ3n) is 6.68. The summed E-state index contributed by atoms with van der Waals surface area (Å²) in [6, 6.07) is 4.80. The minimum absolute atomic E-state index is 0. The van der Waals surface area contributed by atoms with Crippen molar-refractivity contribution in [2.45, 2.75) is 51.6 Å². The lowest BCUT2D eigenvalue weighted by Gasteiger charge is -2.29. The number of carbonyl (C=O) groups is 2. The Morgan fingerprint density at radius 3 is 2.53 bits per heavy atom. The van der Waals surface area contributed by atoms with Crippen molar-refractivity contribution in [2.75, 3.05) is 76.4 Å². The number of ether oxygens (including phenoxy) is 2. The van der Waals surface area contributed by atoms with Gasteiger partial charge in [-0.05, 0) is 31.0 Å². The quantitative estimate of drug-likeness (QED) is 0.299. The fourth-order valence-electron chi connectivity index (χ4n) is 4.63. The Morgan fingerprint density at radius 2 is 1.83 bits per heavy atom. The van der Waals surface area contributed by atoms with Crippen LogP contribution in [0.25, 0.3) is 0 Å². The van der Waals surface area contributed by atoms with E-state index in [4.69, 9.17) is 9.47 Å². The Kier molecular flexibility index (Phi) is 12.2. The zero-order chi connectivity index (χ0) is 25.3. The van der Waals surface area contributed by atoms with Crippen molar-refractivity contribution in [1.29, 1.82) is 0 Å². The van der Waals surface area contributed by atoms with Gasteiger partial charge in [-0.2, -0.15) is 0 Å². The molecule has 0 aliphatic carbocycles. The lowest BCUT2D eigenvalue weighted by molar-refractivity contribution is -0.882. The van der Waals surface area contributed by atoms with Crippen LogP contribution in [0.1, 0.15) is 45.4 Å². The molecular formula is C26H42ClFN4O4. The maximum absolute atomic E-state index is 14.8. The maximum Gasteiger partial charge on any atom is 0.414 e. The average Bonchev–Trinajstić information content (AvgIpc) is 3.20. The molecule has 0 saturated carbocycles. The van der Waals surface area contributed by atoms with Gasteiger partial charge in [0.05, 0.1) is 58.3 Å². The van der Waals surface area contributed by atoms with E-state index in [0.717, 1.165) is 13.0 Å². The highest BCUT2D eigenvalue weighted by atomic mass is 35.5. The molecule has 0 spiro atoms. The summed E-state index contributed by atoms with van der Waals surface area (Å²) >= 11 is 0. The van der Waals surface area contributed by atoms with Gasteiger partial charge in [0, 0.05) is 13.1 Å². The van der Waals surface area contributed by atoms with Crippen molar-refractivity contribution in [1.82, 2.24) is 5.32 Å². The van der Waals surface area contributed by atoms with Crippen molar-refractivity contribution in [3.8, 4) is 0 Å². The lowest BCUT2D eigenvalue weighted by atomic mass is 10.1. The molecule has 1 atom stereocenters. The number of morpholine rings is 1. The highest BCUT2D eigenvalue weighted by Crippen LogP contribution is 2.28. The third-order valence-corrected chi connectivity index (χ3v) is 6.68. The molecule has 2 fully saturated rings. The number of benzene rings is 1. The second-order valence-corrected chi connectivity index (χ2v) is 10.2. The standard InChI is InChI=1S/C26H41FN4O4.ClH/c1-4-5-6-7-8-9-14-31(2,3)20-25(32)28-18-22-19-30(26(33)35-22)21-10-11-24(23(27)17-21)29-12-15-34-16-13-29;/h10-11,17,22H,4-9,12-16,18-20H2,1-3H3;1H/t22-;/m0./s1. The molecule has 1 aromatic carbocycles. The molecule has 1 N–H and O–H groups in total. The van der Waals surface area contributed by atoms with Gasteiger partial charge in [0.1, 0.15) is 11.9 Å². The van der Waals surface area contributed by atoms with Crippen molar-refractivity contribution in [3.63, 3.8) is 0 Å². The number of carbonyl (C=O) groups excluding carboxylic acids is 2. The summed E-state index contributed by atoms with van der Waals surface area (Å²) in [4.78, 5) is 28.3. The van der Waals surface area contributed by atoms with Gasteiger partial charge >= 0.3 is 6.09 Å². The molecule has 2 saturated heterocycles. The van der Waals surface area contributed by atoms with Crippen LogP contribution in [0.15, 0.2) is 18.2 Å². The van der Waals surface area contributed by atoms with Gasteiger partial charge in [-0.25, -0.2) is 9.18 Å². The van der Waals surface area contributed by atoms with Gasteiger partial charge in [0.25, 0.3) is 5.91 Å². The normalized spacial score (nSPS) is 18.1. The molecule has 1 aromatic rings. The van der Waals surface area contributed by atoms with E-state index < -0.39 is 12.2 Å². The lowest BCUT2D eigenvalue weighted by Crippen LogP contribution is -3.00. The molecule has 2 aliphatic heterocycles. The summed E-state index contributed by atoms with van der Waals surface area (Å²) < 4.78 is 26.2. The number of rotatable bonds is 13. The molecule has 3 rings (SSSR count). The second kappa shape index (κ2) is 14.6. The number of unbranched alkanes of at least 4 members (excludes halogenated alkanes) is 5. The average molecular weight is 529 g/mol. The summed E-state index contributed by atoms with van der Waals surface area (Å²) in [6.45, 7) is 6.48. The molecule has 36 heavy (non-hydrogen) atoms. The van der Waals surface area contributed by atoms with E-state index in [2.05, 4.69) is 26.3 Å². The Balaban J connectivity index is 0.00000456. The summed E-state index contributed by atoms with van der Waals surface area (Å²) in [6.07, 6.45) is 6.39. The minimum Gasteiger partial charge on any atom is -1.00 e. The number of nitrogens with zero attached hydrogens (tertiary/aromatic N) is 3. The number of hydrogen-bond acceptors (Lipinski definition) is 5. The summed E-state index contributed by atoms with van der Waals surface area (Å²) in [5, 5.41) is 2.90. The van der Waals surface area contributed by atoms with Crippen LogP contribution in [-0.4, -0.2) is 89.2 Å². The molecule has 8 nitrogen and oxygen atoms in total. The highest BCUT2D eigenvalue weighted by molar-refractivity contribution is 5.90. The molecule has 0 bridgehead atoms. The van der Waals surface area contributed by atoms with E-state index in [1.807, 2.05) is 4.90 Å². The van der Waals surface area contributed by atoms with Crippen molar-refractivity contribution in [2.24, 2.45) is 0 Å². The number of cyclic esters (lactones) is 1. The van der Waals surface area contributed by atoms with Gasteiger partial charge < -0.3 is 36.6 Å². The topological polar surface area (TPSA) is 71.1 Å². The van der Waals surface area contributed by atoms with Crippen molar-refractivity contribution >= 4 is 23.4 Å². The maximum atomic E-state index is 14.8. The largest absolute Gasteiger partial charge is 1.00 e. The highest BCUT2D eigenvalue weighted by Gasteiger charge is 2.33. The molecule has 2 aliphatic rings. The van der Waals surface area contributed by atoms with Gasteiger partial charge in [0.15, 0.2) is 6.54 Å². The first-order valence-electron chi connectivity index (χ1n) is 13.0. The number of nitrogens with one attached hydrogen (secondary N) is 1. The number of amides is 2. The van der Waals surface area contributed by atoms with E-state index in [1.54, 1.807) is 12.1 Å². The summed E-state index contributed by atoms with van der Waals surface area (Å²) in [5.41, 5.74) is 0.963. The first-order chi connectivity index (χ1) is 16.8. The fourth-order valence-corrected chi connectivity index (χ4v) is 4.63. The smallest absolute Gasteiger partial charge is 0.414 e. The van der Waals surface area contributed by atoms with Crippen LogP contribution >= 0.6 is 0 Å². The van der Waals surface area contributed by atoms with Crippen LogP contribution in [0.5, 0.6) is 0 Å². The van der Waals surface area contributed by atoms with Crippen LogP contribution < -0.4 is 27.5 Å². The molecule has 0 radical (unpaired) electrons. The first-order valence-corrected chi connectivity index (χ1v) is 13.0. The zero-order valence-corrected chi connectivity index (χ0v) is 22.7. The molecule has 0 aromatic heterocycles. The van der Waals surface area contributed by atoms with Crippen LogP contribution in [0, 0.1) is 5.82 Å². The molecule has 2 heterocycles. The van der Waals surface area contributed by atoms with E-state index >= 15 is 0 Å². The summed E-state index contributed by atoms with van der Waals surface area (Å²) in [5.74, 6) is -0.435. The first kappa shape index (κ1) is 30.1. The number of halogens is 2. The van der Waals surface area contributed by atoms with E-state index in [0.29, 0.717) is 48.7 Å². The molecule has 0 unspecified atom stereocenters. The molecule has 10 heteroatoms. The molecule has 2 amide bonds. The number of hydrogen-bond donors (Lipinski definition) is 1. The van der Waals surface area contributed by atoms with E-state index in [1.165, 1.54) is 43.1 Å². The van der Waals surface area contributed by atoms with Gasteiger partial charge in [-0.3, -0.25) is 9.69 Å². The zero-order valence-electron chi connectivity index (χ0n) is 21.9. The Morgan fingerprint density at radius 1 is 1.14 bits per heavy atom. The van der Waals surface area contributed by atoms with Gasteiger partial charge in [0.2, 0.25) is 0 Å². The Bertz CT molecular complexity index is 851. The van der Waals surface area contributed by atoms with E-state index in [9.17, 15) is 14.0 Å². The summed E-state index contributed by atoms with van der Waals surface area (Å²) in [7, 11) is 4.14. The minimum atomic E-state index is -0.526. The number of quaternary nitrogens is 1. The predicted molar refractivity (Wildman–Crippen MR) is 135 cm³/mol. The molecule has 204 valence electrons. The van der Waals surface area contributed by atoms with Crippen LogP contribution in [0.4, 0.5) is 20.6 Å². The third kappa shape index (κ3) is 9.09. The number of likely N-dealkylation sites (N-methyl/N-ethyl adjacent to an activating group) is 1. The van der Waals surface area contributed by atoms with Crippen LogP contribution in [-0.2, 0) is 14.3 Å². The Hall–Kier alpha value is -2.10. The van der Waals surface area contributed by atoms with Gasteiger partial charge in [-0.1, -0.05) is 32.6 Å². The van der Waals surface area contributed by atoms with E-state index in [-0.39, 0.29) is 37.2 Å². The van der Waals surface area contributed by atoms with Gasteiger partial charge in [-0.15, -0.1) is 0 Å². The fraction of sp³-hybridized carbons (Fsp3) is 0.692. The van der Waals surface area contributed by atoms with Crippen LogP contribution in [0.3, 0.4) is 0 Å². The van der Waals surface area contributed by atoms with Crippen molar-refractivity contribution < 1.29 is 40.3 Å². The molecular weight excluding hydrogens is 487 g/mol. The number of anilines is 2. The Labute approximate surface area is 221 Å².